The van der Waals surface area contributed by atoms with Crippen molar-refractivity contribution in [1.82, 2.24) is 0 Å². The Hall–Kier alpha value is -1.09. The van der Waals surface area contributed by atoms with Crippen LogP contribution < -0.4 is 10.6 Å². The third-order valence-electron chi connectivity index (χ3n) is 2.14. The van der Waals surface area contributed by atoms with E-state index in [2.05, 4.69) is 18.9 Å². The van der Waals surface area contributed by atoms with Crippen molar-refractivity contribution < 1.29 is 0 Å². The highest BCUT2D eigenvalue weighted by Crippen LogP contribution is 2.18. The van der Waals surface area contributed by atoms with E-state index in [1.54, 1.807) is 0 Å². The van der Waals surface area contributed by atoms with Crippen LogP contribution in [-0.4, -0.2) is 18.6 Å². The SMILES string of the molecule is CCCN(C)c1ccccc1C(N)=S. The average molecular weight is 208 g/mol. The van der Waals surface area contributed by atoms with Gasteiger partial charge in [0.1, 0.15) is 4.99 Å². The molecule has 76 valence electrons. The largest absolute Gasteiger partial charge is 0.389 e. The lowest BCUT2D eigenvalue weighted by molar-refractivity contribution is 0.851. The molecule has 0 saturated heterocycles. The number of nitrogens with zero attached hydrogens (tertiary/aromatic N) is 1. The quantitative estimate of drug-likeness (QED) is 0.769. The van der Waals surface area contributed by atoms with Crippen LogP contribution in [-0.2, 0) is 0 Å². The molecule has 0 aliphatic carbocycles. The van der Waals surface area contributed by atoms with Gasteiger partial charge < -0.3 is 10.6 Å². The summed E-state index contributed by atoms with van der Waals surface area (Å²) in [5.41, 5.74) is 7.72. The Morgan fingerprint density at radius 2 is 2.07 bits per heavy atom. The number of hydrogen-bond acceptors (Lipinski definition) is 2. The standard InChI is InChI=1S/C11H16N2S/c1-3-8-13(2)10-7-5-4-6-9(10)11(12)14/h4-7H,3,8H2,1-2H3,(H2,12,14). The fourth-order valence-corrected chi connectivity index (χ4v) is 1.64. The van der Waals surface area contributed by atoms with E-state index in [0.29, 0.717) is 4.99 Å². The Labute approximate surface area is 90.7 Å². The topological polar surface area (TPSA) is 29.3 Å². The maximum atomic E-state index is 5.65. The summed E-state index contributed by atoms with van der Waals surface area (Å²) in [6, 6.07) is 7.97. The molecule has 0 saturated carbocycles. The first-order chi connectivity index (χ1) is 6.66. The van der Waals surface area contributed by atoms with Crippen molar-refractivity contribution >= 4 is 22.9 Å². The predicted octanol–water partition coefficient (Wildman–Crippen LogP) is 2.17. The minimum atomic E-state index is 0.462. The molecule has 0 radical (unpaired) electrons. The van der Waals surface area contributed by atoms with Gasteiger partial charge in [0.05, 0.1) is 0 Å². The highest BCUT2D eigenvalue weighted by atomic mass is 32.1. The van der Waals surface area contributed by atoms with Crippen LogP contribution >= 0.6 is 12.2 Å². The number of thiocarbonyl (C=S) groups is 1. The molecule has 0 atom stereocenters. The summed E-state index contributed by atoms with van der Waals surface area (Å²) in [5, 5.41) is 0. The molecule has 2 N–H and O–H groups in total. The predicted molar refractivity (Wildman–Crippen MR) is 65.9 cm³/mol. The smallest absolute Gasteiger partial charge is 0.106 e. The Kier molecular flexibility index (Phi) is 3.89. The molecule has 2 nitrogen and oxygen atoms in total. The van der Waals surface area contributed by atoms with Gasteiger partial charge in [-0.3, -0.25) is 0 Å². The van der Waals surface area contributed by atoms with Crippen LogP contribution in [0.1, 0.15) is 18.9 Å². The summed E-state index contributed by atoms with van der Waals surface area (Å²) >= 11 is 5.00. The van der Waals surface area contributed by atoms with Crippen molar-refractivity contribution in [2.24, 2.45) is 5.73 Å². The van der Waals surface area contributed by atoms with Gasteiger partial charge in [-0.1, -0.05) is 31.3 Å². The first kappa shape index (κ1) is 11.0. The molecule has 0 unspecified atom stereocenters. The second-order valence-corrected chi connectivity index (χ2v) is 3.74. The summed E-state index contributed by atoms with van der Waals surface area (Å²) in [7, 11) is 2.06. The molecule has 0 aliphatic rings. The van der Waals surface area contributed by atoms with Crippen molar-refractivity contribution in [3.8, 4) is 0 Å². The minimum absolute atomic E-state index is 0.462. The van der Waals surface area contributed by atoms with Crippen LogP contribution in [0.2, 0.25) is 0 Å². The molecule has 0 heterocycles. The van der Waals surface area contributed by atoms with Gasteiger partial charge in [0.15, 0.2) is 0 Å². The van der Waals surface area contributed by atoms with Crippen LogP contribution in [0.15, 0.2) is 24.3 Å². The molecule has 1 aromatic carbocycles. The molecule has 0 fully saturated rings. The van der Waals surface area contributed by atoms with E-state index in [-0.39, 0.29) is 0 Å². The summed E-state index contributed by atoms with van der Waals surface area (Å²) in [6.45, 7) is 3.17. The number of rotatable bonds is 4. The van der Waals surface area contributed by atoms with Gasteiger partial charge in [-0.15, -0.1) is 0 Å². The number of hydrogen-bond donors (Lipinski definition) is 1. The van der Waals surface area contributed by atoms with Crippen molar-refractivity contribution in [3.63, 3.8) is 0 Å². The first-order valence-electron chi connectivity index (χ1n) is 4.76. The summed E-state index contributed by atoms with van der Waals surface area (Å²) in [6.07, 6.45) is 1.11. The highest BCUT2D eigenvalue weighted by Gasteiger charge is 2.07. The van der Waals surface area contributed by atoms with Gasteiger partial charge in [0.2, 0.25) is 0 Å². The van der Waals surface area contributed by atoms with Crippen molar-refractivity contribution in [1.29, 1.82) is 0 Å². The van der Waals surface area contributed by atoms with E-state index in [0.717, 1.165) is 24.2 Å². The lowest BCUT2D eigenvalue weighted by atomic mass is 10.1. The molecule has 1 aromatic rings. The Morgan fingerprint density at radius 3 is 2.64 bits per heavy atom. The third-order valence-corrected chi connectivity index (χ3v) is 2.36. The number of para-hydroxylation sites is 1. The van der Waals surface area contributed by atoms with Crippen molar-refractivity contribution in [2.45, 2.75) is 13.3 Å². The molecule has 0 aliphatic heterocycles. The van der Waals surface area contributed by atoms with Crippen LogP contribution in [0.5, 0.6) is 0 Å². The fraction of sp³-hybridized carbons (Fsp3) is 0.364. The van der Waals surface area contributed by atoms with E-state index in [1.165, 1.54) is 0 Å². The lowest BCUT2D eigenvalue weighted by Crippen LogP contribution is -2.22. The second-order valence-electron chi connectivity index (χ2n) is 3.30. The fourth-order valence-electron chi connectivity index (χ4n) is 1.47. The maximum absolute atomic E-state index is 5.65. The van der Waals surface area contributed by atoms with Crippen molar-refractivity contribution in [3.05, 3.63) is 29.8 Å². The lowest BCUT2D eigenvalue weighted by Gasteiger charge is -2.21. The average Bonchev–Trinajstić information content (AvgIpc) is 2.18. The maximum Gasteiger partial charge on any atom is 0.106 e. The van der Waals surface area contributed by atoms with Gasteiger partial charge in [0.25, 0.3) is 0 Å². The zero-order valence-corrected chi connectivity index (χ0v) is 9.47. The van der Waals surface area contributed by atoms with Crippen molar-refractivity contribution in [2.75, 3.05) is 18.5 Å². The molecular weight excluding hydrogens is 192 g/mol. The van der Waals surface area contributed by atoms with Gasteiger partial charge >= 0.3 is 0 Å². The Balaban J connectivity index is 3.00. The molecule has 14 heavy (non-hydrogen) atoms. The van der Waals surface area contributed by atoms with Crippen LogP contribution in [0, 0.1) is 0 Å². The van der Waals surface area contributed by atoms with Gasteiger partial charge in [-0.2, -0.15) is 0 Å². The van der Waals surface area contributed by atoms with E-state index in [1.807, 2.05) is 24.3 Å². The molecule has 0 amide bonds. The molecule has 0 bridgehead atoms. The zero-order chi connectivity index (χ0) is 10.6. The van der Waals surface area contributed by atoms with Gasteiger partial charge in [-0.25, -0.2) is 0 Å². The van der Waals surface area contributed by atoms with E-state index >= 15 is 0 Å². The molecule has 1 rings (SSSR count). The van der Waals surface area contributed by atoms with E-state index in [9.17, 15) is 0 Å². The number of benzene rings is 1. The summed E-state index contributed by atoms with van der Waals surface area (Å²) < 4.78 is 0. The van der Waals surface area contributed by atoms with Gasteiger partial charge in [0, 0.05) is 24.8 Å². The third kappa shape index (κ3) is 2.45. The summed E-state index contributed by atoms with van der Waals surface area (Å²) in [4.78, 5) is 2.64. The molecular formula is C11H16N2S. The monoisotopic (exact) mass is 208 g/mol. The Morgan fingerprint density at radius 1 is 1.43 bits per heavy atom. The second kappa shape index (κ2) is 4.96. The molecule has 3 heteroatoms. The zero-order valence-electron chi connectivity index (χ0n) is 8.66. The van der Waals surface area contributed by atoms with Gasteiger partial charge in [-0.05, 0) is 18.6 Å². The van der Waals surface area contributed by atoms with Crippen LogP contribution in [0.25, 0.3) is 0 Å². The highest BCUT2D eigenvalue weighted by molar-refractivity contribution is 7.80. The van der Waals surface area contributed by atoms with Crippen LogP contribution in [0.4, 0.5) is 5.69 Å². The molecule has 0 spiro atoms. The normalized spacial score (nSPS) is 9.86. The van der Waals surface area contributed by atoms with E-state index in [4.69, 9.17) is 18.0 Å². The summed E-state index contributed by atoms with van der Waals surface area (Å²) in [5.74, 6) is 0. The number of anilines is 1. The first-order valence-corrected chi connectivity index (χ1v) is 5.17. The Bertz CT molecular complexity index is 323. The van der Waals surface area contributed by atoms with E-state index < -0.39 is 0 Å². The molecule has 0 aromatic heterocycles. The van der Waals surface area contributed by atoms with Crippen LogP contribution in [0.3, 0.4) is 0 Å². The number of nitrogens with two attached hydrogens (primary N) is 1. The minimum Gasteiger partial charge on any atom is -0.389 e.